The van der Waals surface area contributed by atoms with Crippen molar-refractivity contribution in [2.45, 2.75) is 13.3 Å². The van der Waals surface area contributed by atoms with Crippen LogP contribution in [0.1, 0.15) is 11.1 Å². The van der Waals surface area contributed by atoms with Crippen LogP contribution in [0.2, 0.25) is 0 Å². The monoisotopic (exact) mass is 247 g/mol. The van der Waals surface area contributed by atoms with Gasteiger partial charge in [-0.1, -0.05) is 0 Å². The molecule has 2 rings (SSSR count). The minimum atomic E-state index is -1.02. The number of rotatable bonds is 3. The predicted octanol–water partition coefficient (Wildman–Crippen LogP) is 1.47. The molecule has 18 heavy (non-hydrogen) atoms. The fourth-order valence-electron chi connectivity index (χ4n) is 1.96. The van der Waals surface area contributed by atoms with E-state index in [1.165, 1.54) is 0 Å². The number of carbonyl (C=O) groups is 1. The molecule has 0 fully saturated rings. The van der Waals surface area contributed by atoms with Crippen LogP contribution in [-0.4, -0.2) is 23.2 Å². The van der Waals surface area contributed by atoms with Crippen molar-refractivity contribution in [2.24, 2.45) is 0 Å². The molecule has 0 saturated heterocycles. The summed E-state index contributed by atoms with van der Waals surface area (Å²) in [5.41, 5.74) is 1.28. The van der Waals surface area contributed by atoms with Gasteiger partial charge in [-0.15, -0.1) is 0 Å². The Morgan fingerprint density at radius 3 is 2.78 bits per heavy atom. The second kappa shape index (κ2) is 4.52. The van der Waals surface area contributed by atoms with Crippen LogP contribution in [0.4, 0.5) is 0 Å². The molecule has 0 spiro atoms. The lowest BCUT2D eigenvalue weighted by Gasteiger charge is -2.08. The maximum absolute atomic E-state index is 11.8. The molecular weight excluding hydrogens is 234 g/mol. The maximum atomic E-state index is 11.8. The van der Waals surface area contributed by atoms with Gasteiger partial charge in [0.25, 0.3) is 5.56 Å². The zero-order chi connectivity index (χ0) is 13.3. The van der Waals surface area contributed by atoms with E-state index in [1.54, 1.807) is 32.2 Å². The summed E-state index contributed by atoms with van der Waals surface area (Å²) in [4.78, 5) is 25.2. The number of aryl methyl sites for hydroxylation is 1. The molecule has 0 aliphatic rings. The summed E-state index contributed by atoms with van der Waals surface area (Å²) in [5, 5.41) is 9.61. The second-order valence-electron chi connectivity index (χ2n) is 4.04. The Morgan fingerprint density at radius 2 is 2.17 bits per heavy atom. The first-order chi connectivity index (χ1) is 8.52. The third-order valence-corrected chi connectivity index (χ3v) is 2.93. The summed E-state index contributed by atoms with van der Waals surface area (Å²) in [7, 11) is 1.56. The molecule has 0 saturated carbocycles. The van der Waals surface area contributed by atoms with Gasteiger partial charge in [0.1, 0.15) is 5.75 Å². The van der Waals surface area contributed by atoms with Gasteiger partial charge in [-0.2, -0.15) is 0 Å². The normalized spacial score (nSPS) is 10.6. The topological polar surface area (TPSA) is 79.4 Å². The highest BCUT2D eigenvalue weighted by Gasteiger charge is 2.12. The van der Waals surface area contributed by atoms with Crippen molar-refractivity contribution in [1.29, 1.82) is 0 Å². The Balaban J connectivity index is 2.73. The number of aliphatic carboxylic acids is 1. The number of hydrogen-bond acceptors (Lipinski definition) is 3. The van der Waals surface area contributed by atoms with E-state index in [0.29, 0.717) is 16.8 Å². The van der Waals surface area contributed by atoms with Gasteiger partial charge in [0.05, 0.1) is 13.5 Å². The number of H-pyrrole nitrogens is 1. The van der Waals surface area contributed by atoms with Crippen molar-refractivity contribution in [3.63, 3.8) is 0 Å². The van der Waals surface area contributed by atoms with Crippen LogP contribution >= 0.6 is 0 Å². The molecule has 5 nitrogen and oxygen atoms in total. The van der Waals surface area contributed by atoms with Crippen molar-refractivity contribution in [3.8, 4) is 5.75 Å². The Hall–Kier alpha value is -2.30. The van der Waals surface area contributed by atoms with Crippen molar-refractivity contribution in [2.75, 3.05) is 7.11 Å². The van der Waals surface area contributed by atoms with Gasteiger partial charge in [0, 0.05) is 16.5 Å². The van der Waals surface area contributed by atoms with E-state index in [2.05, 4.69) is 4.98 Å². The average Bonchev–Trinajstić information content (AvgIpc) is 2.34. The van der Waals surface area contributed by atoms with E-state index < -0.39 is 5.97 Å². The number of methoxy groups -OCH3 is 1. The van der Waals surface area contributed by atoms with Crippen LogP contribution in [0.15, 0.2) is 23.0 Å². The third-order valence-electron chi connectivity index (χ3n) is 2.93. The lowest BCUT2D eigenvalue weighted by atomic mass is 10.0. The maximum Gasteiger partial charge on any atom is 0.308 e. The molecule has 1 aromatic carbocycles. The molecule has 0 aliphatic heterocycles. The molecule has 2 N–H and O–H groups in total. The van der Waals surface area contributed by atoms with Crippen molar-refractivity contribution in [1.82, 2.24) is 4.98 Å². The highest BCUT2D eigenvalue weighted by atomic mass is 16.5. The first-order valence-corrected chi connectivity index (χ1v) is 5.44. The second-order valence-corrected chi connectivity index (χ2v) is 4.04. The molecule has 1 heterocycles. The zero-order valence-electron chi connectivity index (χ0n) is 10.1. The molecule has 94 valence electrons. The zero-order valence-corrected chi connectivity index (χ0v) is 10.1. The van der Waals surface area contributed by atoms with Crippen LogP contribution in [0.25, 0.3) is 10.9 Å². The largest absolute Gasteiger partial charge is 0.497 e. The molecule has 0 aliphatic carbocycles. The number of hydrogen-bond donors (Lipinski definition) is 2. The number of aromatic amines is 1. The minimum absolute atomic E-state index is 0.281. The lowest BCUT2D eigenvalue weighted by Crippen LogP contribution is -2.18. The SMILES string of the molecule is COc1ccc2[nH]c(=O)c(CC(=O)O)c(C)c2c1. The quantitative estimate of drug-likeness (QED) is 0.860. The van der Waals surface area contributed by atoms with Crippen molar-refractivity contribution >= 4 is 16.9 Å². The minimum Gasteiger partial charge on any atom is -0.497 e. The van der Waals surface area contributed by atoms with Gasteiger partial charge in [0.15, 0.2) is 0 Å². The summed E-state index contributed by atoms with van der Waals surface area (Å²) in [6.07, 6.45) is -0.283. The van der Waals surface area contributed by atoms with Gasteiger partial charge in [-0.05, 0) is 30.7 Å². The number of carboxylic acids is 1. The number of fused-ring (bicyclic) bond motifs is 1. The molecule has 0 unspecified atom stereocenters. The molecule has 0 atom stereocenters. The van der Waals surface area contributed by atoms with Gasteiger partial charge in [0.2, 0.25) is 0 Å². The van der Waals surface area contributed by atoms with Gasteiger partial charge in [-0.3, -0.25) is 9.59 Å². The lowest BCUT2D eigenvalue weighted by molar-refractivity contribution is -0.136. The first kappa shape index (κ1) is 12.2. The Morgan fingerprint density at radius 1 is 1.44 bits per heavy atom. The van der Waals surface area contributed by atoms with Crippen LogP contribution in [0.3, 0.4) is 0 Å². The van der Waals surface area contributed by atoms with E-state index in [0.717, 1.165) is 5.39 Å². The number of benzene rings is 1. The summed E-state index contributed by atoms with van der Waals surface area (Å²) in [5.74, 6) is -0.357. The fourth-order valence-corrected chi connectivity index (χ4v) is 1.96. The first-order valence-electron chi connectivity index (χ1n) is 5.44. The van der Waals surface area contributed by atoms with E-state index in [-0.39, 0.29) is 17.5 Å². The molecule has 1 aromatic heterocycles. The standard InChI is InChI=1S/C13H13NO4/c1-7-9-5-8(18-2)3-4-11(9)14-13(17)10(7)6-12(15)16/h3-5H,6H2,1-2H3,(H,14,17)(H,15,16). The number of pyridine rings is 1. The van der Waals surface area contributed by atoms with Gasteiger partial charge < -0.3 is 14.8 Å². The fraction of sp³-hybridized carbons (Fsp3) is 0.231. The van der Waals surface area contributed by atoms with Crippen molar-refractivity contribution in [3.05, 3.63) is 39.7 Å². The molecule has 5 heteroatoms. The summed E-state index contributed by atoms with van der Waals surface area (Å²) >= 11 is 0. The van der Waals surface area contributed by atoms with Crippen LogP contribution < -0.4 is 10.3 Å². The predicted molar refractivity (Wildman–Crippen MR) is 67.2 cm³/mol. The van der Waals surface area contributed by atoms with E-state index in [9.17, 15) is 9.59 Å². The van der Waals surface area contributed by atoms with Crippen molar-refractivity contribution < 1.29 is 14.6 Å². The summed E-state index contributed by atoms with van der Waals surface area (Å²) < 4.78 is 5.12. The van der Waals surface area contributed by atoms with E-state index in [4.69, 9.17) is 9.84 Å². The number of carboxylic acid groups (broad SMARTS) is 1. The van der Waals surface area contributed by atoms with E-state index in [1.807, 2.05) is 0 Å². The van der Waals surface area contributed by atoms with Crippen LogP contribution in [0.5, 0.6) is 5.75 Å². The number of aromatic nitrogens is 1. The smallest absolute Gasteiger partial charge is 0.308 e. The van der Waals surface area contributed by atoms with Crippen LogP contribution in [0, 0.1) is 6.92 Å². The summed E-state index contributed by atoms with van der Waals surface area (Å²) in [6.45, 7) is 1.75. The molecule has 0 amide bonds. The Labute approximate surface area is 103 Å². The third kappa shape index (κ3) is 2.07. The molecular formula is C13H13NO4. The molecule has 2 aromatic rings. The average molecular weight is 247 g/mol. The van der Waals surface area contributed by atoms with Gasteiger partial charge >= 0.3 is 5.97 Å². The van der Waals surface area contributed by atoms with Crippen LogP contribution in [-0.2, 0) is 11.2 Å². The highest BCUT2D eigenvalue weighted by molar-refractivity contribution is 5.85. The number of ether oxygens (including phenoxy) is 1. The Bertz CT molecular complexity index is 672. The molecule has 0 radical (unpaired) electrons. The van der Waals surface area contributed by atoms with E-state index >= 15 is 0 Å². The summed E-state index contributed by atoms with van der Waals surface area (Å²) in [6, 6.07) is 5.27. The molecule has 0 bridgehead atoms. The number of nitrogens with one attached hydrogen (secondary N) is 1. The van der Waals surface area contributed by atoms with Gasteiger partial charge in [-0.25, -0.2) is 0 Å². The Kier molecular flexibility index (Phi) is 3.06. The highest BCUT2D eigenvalue weighted by Crippen LogP contribution is 2.22.